The number of nitrogens with zero attached hydrogens (tertiary/aromatic N) is 2. The second-order valence-electron chi connectivity index (χ2n) is 5.55. The summed E-state index contributed by atoms with van der Waals surface area (Å²) in [5.74, 6) is 0.619. The van der Waals surface area contributed by atoms with Gasteiger partial charge in [0.1, 0.15) is 0 Å². The summed E-state index contributed by atoms with van der Waals surface area (Å²) in [6, 6.07) is 0. The van der Waals surface area contributed by atoms with Crippen molar-refractivity contribution in [3.63, 3.8) is 0 Å². The Hall–Kier alpha value is -1.58. The average molecular weight is 247 g/mol. The predicted octanol–water partition coefficient (Wildman–Crippen LogP) is 2.89. The van der Waals surface area contributed by atoms with Gasteiger partial charge in [0.05, 0.1) is 5.69 Å². The highest BCUT2D eigenvalue weighted by Gasteiger charge is 2.17. The SMILES string of the molecule is Cc1c(C(C)C)nc2c(C)c(C(C)C)[nH]n2c1=O. The zero-order valence-electron chi connectivity index (χ0n) is 12.0. The summed E-state index contributed by atoms with van der Waals surface area (Å²) < 4.78 is 1.58. The van der Waals surface area contributed by atoms with Gasteiger partial charge in [-0.15, -0.1) is 0 Å². The van der Waals surface area contributed by atoms with Gasteiger partial charge < -0.3 is 0 Å². The first kappa shape index (κ1) is 12.9. The summed E-state index contributed by atoms with van der Waals surface area (Å²) in [6.45, 7) is 12.2. The molecule has 0 fully saturated rings. The van der Waals surface area contributed by atoms with Crippen LogP contribution in [0.3, 0.4) is 0 Å². The molecule has 98 valence electrons. The van der Waals surface area contributed by atoms with Crippen LogP contribution in [0.25, 0.3) is 5.65 Å². The molecule has 4 nitrogen and oxygen atoms in total. The van der Waals surface area contributed by atoms with Gasteiger partial charge in [-0.25, -0.2) is 9.50 Å². The van der Waals surface area contributed by atoms with Crippen molar-refractivity contribution in [2.24, 2.45) is 0 Å². The lowest BCUT2D eigenvalue weighted by Gasteiger charge is -2.08. The maximum Gasteiger partial charge on any atom is 0.275 e. The molecule has 0 saturated heterocycles. The van der Waals surface area contributed by atoms with Crippen molar-refractivity contribution in [2.75, 3.05) is 0 Å². The third-order valence-electron chi connectivity index (χ3n) is 3.44. The molecular weight excluding hydrogens is 226 g/mol. The molecule has 0 saturated carbocycles. The van der Waals surface area contributed by atoms with E-state index in [4.69, 9.17) is 0 Å². The average Bonchev–Trinajstić information content (AvgIpc) is 2.61. The van der Waals surface area contributed by atoms with Crippen LogP contribution < -0.4 is 5.56 Å². The van der Waals surface area contributed by atoms with Crippen LogP contribution in [0.2, 0.25) is 0 Å². The van der Waals surface area contributed by atoms with Crippen LogP contribution in [0.1, 0.15) is 62.0 Å². The molecule has 0 atom stereocenters. The summed E-state index contributed by atoms with van der Waals surface area (Å²) in [6.07, 6.45) is 0. The van der Waals surface area contributed by atoms with Gasteiger partial charge in [0.15, 0.2) is 5.65 Å². The number of aromatic nitrogens is 3. The van der Waals surface area contributed by atoms with Crippen LogP contribution in [0.15, 0.2) is 4.79 Å². The number of fused-ring (bicyclic) bond motifs is 1. The molecule has 0 radical (unpaired) electrons. The molecule has 2 heterocycles. The van der Waals surface area contributed by atoms with Gasteiger partial charge in [0.25, 0.3) is 5.56 Å². The summed E-state index contributed by atoms with van der Waals surface area (Å²) in [5, 5.41) is 3.18. The Morgan fingerprint density at radius 1 is 1.06 bits per heavy atom. The van der Waals surface area contributed by atoms with Crippen molar-refractivity contribution >= 4 is 5.65 Å². The van der Waals surface area contributed by atoms with Crippen molar-refractivity contribution < 1.29 is 0 Å². The number of nitrogens with one attached hydrogen (secondary N) is 1. The van der Waals surface area contributed by atoms with Gasteiger partial charge in [-0.1, -0.05) is 27.7 Å². The largest absolute Gasteiger partial charge is 0.293 e. The number of hydrogen-bond acceptors (Lipinski definition) is 2. The predicted molar refractivity (Wildman–Crippen MR) is 73.5 cm³/mol. The third-order valence-corrected chi connectivity index (χ3v) is 3.44. The van der Waals surface area contributed by atoms with Crippen LogP contribution in [-0.2, 0) is 0 Å². The van der Waals surface area contributed by atoms with E-state index >= 15 is 0 Å². The van der Waals surface area contributed by atoms with E-state index in [0.717, 1.165) is 28.2 Å². The first-order valence-electron chi connectivity index (χ1n) is 6.46. The van der Waals surface area contributed by atoms with Gasteiger partial charge in [-0.05, 0) is 25.7 Å². The minimum atomic E-state index is 0.0127. The Labute approximate surface area is 107 Å². The monoisotopic (exact) mass is 247 g/mol. The number of H-pyrrole nitrogens is 1. The maximum atomic E-state index is 12.3. The van der Waals surface area contributed by atoms with E-state index in [9.17, 15) is 4.79 Å². The lowest BCUT2D eigenvalue weighted by molar-refractivity contribution is 0.752. The fourth-order valence-corrected chi connectivity index (χ4v) is 2.43. The maximum absolute atomic E-state index is 12.3. The van der Waals surface area contributed by atoms with Crippen LogP contribution in [-0.4, -0.2) is 14.6 Å². The zero-order chi connectivity index (χ0) is 13.6. The number of aromatic amines is 1. The highest BCUT2D eigenvalue weighted by molar-refractivity contribution is 5.51. The quantitative estimate of drug-likeness (QED) is 0.887. The summed E-state index contributed by atoms with van der Waals surface area (Å²) >= 11 is 0. The second-order valence-corrected chi connectivity index (χ2v) is 5.55. The number of rotatable bonds is 2. The van der Waals surface area contributed by atoms with E-state index in [2.05, 4.69) is 37.8 Å². The first-order chi connectivity index (χ1) is 8.34. The van der Waals surface area contributed by atoms with Gasteiger partial charge in [-0.2, -0.15) is 0 Å². The highest BCUT2D eigenvalue weighted by atomic mass is 16.1. The van der Waals surface area contributed by atoms with E-state index in [1.165, 1.54) is 0 Å². The molecule has 0 amide bonds. The molecule has 1 N–H and O–H groups in total. The molecule has 4 heteroatoms. The van der Waals surface area contributed by atoms with Crippen LogP contribution >= 0.6 is 0 Å². The fraction of sp³-hybridized carbons (Fsp3) is 0.571. The number of aryl methyl sites for hydroxylation is 1. The normalized spacial score (nSPS) is 12.0. The van der Waals surface area contributed by atoms with E-state index < -0.39 is 0 Å². The molecule has 0 bridgehead atoms. The van der Waals surface area contributed by atoms with E-state index in [1.807, 2.05) is 13.8 Å². The smallest absolute Gasteiger partial charge is 0.275 e. The molecule has 0 aliphatic carbocycles. The molecule has 0 aromatic carbocycles. The second kappa shape index (κ2) is 4.26. The third kappa shape index (κ3) is 1.76. The van der Waals surface area contributed by atoms with Crippen molar-refractivity contribution in [1.82, 2.24) is 14.6 Å². The summed E-state index contributed by atoms with van der Waals surface area (Å²) in [7, 11) is 0. The molecular formula is C14H21N3O. The number of hydrogen-bond donors (Lipinski definition) is 1. The van der Waals surface area contributed by atoms with E-state index in [0.29, 0.717) is 5.92 Å². The van der Waals surface area contributed by atoms with Gasteiger partial charge >= 0.3 is 0 Å². The summed E-state index contributed by atoms with van der Waals surface area (Å²) in [5.41, 5.74) is 4.57. The topological polar surface area (TPSA) is 50.2 Å². The van der Waals surface area contributed by atoms with E-state index in [-0.39, 0.29) is 11.5 Å². The fourth-order valence-electron chi connectivity index (χ4n) is 2.43. The van der Waals surface area contributed by atoms with Crippen LogP contribution in [0.4, 0.5) is 0 Å². The first-order valence-corrected chi connectivity index (χ1v) is 6.46. The molecule has 0 unspecified atom stereocenters. The Morgan fingerprint density at radius 3 is 2.17 bits per heavy atom. The zero-order valence-corrected chi connectivity index (χ0v) is 12.0. The molecule has 18 heavy (non-hydrogen) atoms. The van der Waals surface area contributed by atoms with Gasteiger partial charge in [0, 0.05) is 16.8 Å². The standard InChI is InChI=1S/C14H21N3O/c1-7(2)11-10(6)14(18)17-13(15-11)9(5)12(16-17)8(3)4/h7-8,16H,1-6H3. The molecule has 2 rings (SSSR count). The Bertz CT molecular complexity index is 647. The highest BCUT2D eigenvalue weighted by Crippen LogP contribution is 2.22. The molecule has 2 aromatic heterocycles. The van der Waals surface area contributed by atoms with Crippen LogP contribution in [0, 0.1) is 13.8 Å². The Balaban J connectivity index is 2.88. The van der Waals surface area contributed by atoms with Gasteiger partial charge in [-0.3, -0.25) is 9.89 Å². The Kier molecular flexibility index (Phi) is 3.05. The van der Waals surface area contributed by atoms with Gasteiger partial charge in [0.2, 0.25) is 0 Å². The van der Waals surface area contributed by atoms with Crippen LogP contribution in [0.5, 0.6) is 0 Å². The molecule has 0 aliphatic heterocycles. The lowest BCUT2D eigenvalue weighted by Crippen LogP contribution is -2.21. The molecule has 0 aliphatic rings. The summed E-state index contributed by atoms with van der Waals surface area (Å²) in [4.78, 5) is 17.0. The van der Waals surface area contributed by atoms with Crippen molar-refractivity contribution in [1.29, 1.82) is 0 Å². The minimum absolute atomic E-state index is 0.0127. The Morgan fingerprint density at radius 2 is 1.67 bits per heavy atom. The molecule has 2 aromatic rings. The van der Waals surface area contributed by atoms with Crippen molar-refractivity contribution in [3.05, 3.63) is 32.9 Å². The van der Waals surface area contributed by atoms with Crippen molar-refractivity contribution in [2.45, 2.75) is 53.4 Å². The lowest BCUT2D eigenvalue weighted by atomic mass is 10.1. The minimum Gasteiger partial charge on any atom is -0.293 e. The molecule has 0 spiro atoms. The van der Waals surface area contributed by atoms with E-state index in [1.54, 1.807) is 4.52 Å². The van der Waals surface area contributed by atoms with Crippen molar-refractivity contribution in [3.8, 4) is 0 Å².